The van der Waals surface area contributed by atoms with Crippen molar-refractivity contribution in [2.75, 3.05) is 44.7 Å². The van der Waals surface area contributed by atoms with Crippen molar-refractivity contribution in [3.8, 4) is 12.1 Å². The van der Waals surface area contributed by atoms with Crippen LogP contribution < -0.4 is 10.6 Å². The highest BCUT2D eigenvalue weighted by Gasteiger charge is 2.29. The van der Waals surface area contributed by atoms with E-state index >= 15 is 0 Å². The van der Waals surface area contributed by atoms with Gasteiger partial charge >= 0.3 is 0 Å². The molecule has 0 radical (unpaired) electrons. The summed E-state index contributed by atoms with van der Waals surface area (Å²) >= 11 is 0. The summed E-state index contributed by atoms with van der Waals surface area (Å²) < 4.78 is 5.39. The number of allylic oxidation sites excluding steroid dienone is 4. The number of rotatable bonds is 5. The van der Waals surface area contributed by atoms with Gasteiger partial charge in [0, 0.05) is 43.0 Å². The monoisotopic (exact) mass is 403 g/mol. The van der Waals surface area contributed by atoms with Gasteiger partial charge in [0.1, 0.15) is 0 Å². The van der Waals surface area contributed by atoms with E-state index in [9.17, 15) is 10.5 Å². The lowest BCUT2D eigenvalue weighted by Gasteiger charge is -2.26. The van der Waals surface area contributed by atoms with Crippen LogP contribution in [-0.2, 0) is 4.74 Å². The lowest BCUT2D eigenvalue weighted by atomic mass is 9.81. The van der Waals surface area contributed by atoms with Crippen LogP contribution in [0.4, 0.5) is 5.82 Å². The Bertz CT molecular complexity index is 1060. The number of dihydropyridines is 1. The van der Waals surface area contributed by atoms with Crippen molar-refractivity contribution < 1.29 is 4.74 Å². The number of anilines is 1. The standard InChI is InChI=1S/C22H25N7O/c1-14-18(12-23)21(19(13-24)15(2)26-14)16-3-4-20-17(11-16)22(28-27-20)25-5-6-29-7-9-30-10-8-29/h3-4,11,21,26H,5-10H2,1-2H3,(H2,25,27,28). The van der Waals surface area contributed by atoms with E-state index in [0.717, 1.165) is 73.1 Å². The molecule has 3 N–H and O–H groups in total. The number of aromatic nitrogens is 2. The molecule has 8 heteroatoms. The quantitative estimate of drug-likeness (QED) is 0.703. The van der Waals surface area contributed by atoms with Gasteiger partial charge in [-0.2, -0.15) is 15.6 Å². The number of hydrogen-bond donors (Lipinski definition) is 3. The summed E-state index contributed by atoms with van der Waals surface area (Å²) in [6.45, 7) is 8.92. The number of nitrogens with zero attached hydrogens (tertiary/aromatic N) is 4. The van der Waals surface area contributed by atoms with Gasteiger partial charge in [0.2, 0.25) is 0 Å². The first kappa shape index (κ1) is 20.0. The van der Waals surface area contributed by atoms with Gasteiger partial charge in [-0.05, 0) is 31.5 Å². The van der Waals surface area contributed by atoms with E-state index < -0.39 is 0 Å². The van der Waals surface area contributed by atoms with E-state index in [1.165, 1.54) is 0 Å². The summed E-state index contributed by atoms with van der Waals surface area (Å²) in [6.07, 6.45) is 0. The molecule has 30 heavy (non-hydrogen) atoms. The Morgan fingerprint density at radius 2 is 1.87 bits per heavy atom. The molecule has 1 aromatic heterocycles. The smallest absolute Gasteiger partial charge is 0.155 e. The maximum absolute atomic E-state index is 9.74. The fraction of sp³-hybridized carbons (Fsp3) is 0.409. The van der Waals surface area contributed by atoms with Crippen molar-refractivity contribution in [1.82, 2.24) is 20.4 Å². The first-order valence-corrected chi connectivity index (χ1v) is 10.1. The first-order valence-electron chi connectivity index (χ1n) is 10.1. The zero-order valence-corrected chi connectivity index (χ0v) is 17.2. The molecule has 0 spiro atoms. The summed E-state index contributed by atoms with van der Waals surface area (Å²) in [5.74, 6) is 0.411. The molecule has 154 valence electrons. The second-order valence-corrected chi connectivity index (χ2v) is 7.62. The van der Waals surface area contributed by atoms with E-state index in [0.29, 0.717) is 11.1 Å². The van der Waals surface area contributed by atoms with Crippen LogP contribution in [0.5, 0.6) is 0 Å². The molecule has 2 aromatic rings. The first-order chi connectivity index (χ1) is 14.6. The molecule has 1 aromatic carbocycles. The highest BCUT2D eigenvalue weighted by Crippen LogP contribution is 2.38. The van der Waals surface area contributed by atoms with Gasteiger partial charge in [0.15, 0.2) is 5.82 Å². The lowest BCUT2D eigenvalue weighted by Crippen LogP contribution is -2.39. The Kier molecular flexibility index (Phi) is 5.71. The number of morpholine rings is 1. The third kappa shape index (κ3) is 3.76. The number of aromatic amines is 1. The number of ether oxygens (including phenoxy) is 1. The number of nitriles is 2. The molecule has 0 unspecified atom stereocenters. The molecule has 0 atom stereocenters. The molecule has 1 fully saturated rings. The second-order valence-electron chi connectivity index (χ2n) is 7.62. The van der Waals surface area contributed by atoms with Gasteiger partial charge in [0.25, 0.3) is 0 Å². The summed E-state index contributed by atoms with van der Waals surface area (Å²) in [5, 5.41) is 34.5. The summed E-state index contributed by atoms with van der Waals surface area (Å²) in [6, 6.07) is 10.5. The number of fused-ring (bicyclic) bond motifs is 1. The van der Waals surface area contributed by atoms with Gasteiger partial charge in [-0.3, -0.25) is 10.00 Å². The van der Waals surface area contributed by atoms with Crippen molar-refractivity contribution in [3.05, 3.63) is 46.3 Å². The highest BCUT2D eigenvalue weighted by atomic mass is 16.5. The molecular weight excluding hydrogens is 378 g/mol. The zero-order chi connectivity index (χ0) is 21.1. The van der Waals surface area contributed by atoms with Gasteiger partial charge < -0.3 is 15.4 Å². The summed E-state index contributed by atoms with van der Waals surface area (Å²) in [7, 11) is 0. The third-order valence-electron chi connectivity index (χ3n) is 5.75. The van der Waals surface area contributed by atoms with E-state index in [4.69, 9.17) is 4.74 Å². The van der Waals surface area contributed by atoms with Crippen LogP contribution in [0.1, 0.15) is 25.3 Å². The van der Waals surface area contributed by atoms with Gasteiger partial charge in [-0.1, -0.05) is 6.07 Å². The van der Waals surface area contributed by atoms with Gasteiger partial charge in [0.05, 0.1) is 47.9 Å². The molecule has 1 saturated heterocycles. The SMILES string of the molecule is CC1=C(C#N)C(c2ccc3[nH]nc(NCCN4CCOCC4)c3c2)C(C#N)=C(C)N1. The predicted octanol–water partition coefficient (Wildman–Crippen LogP) is 2.59. The number of hydrogen-bond acceptors (Lipinski definition) is 7. The van der Waals surface area contributed by atoms with E-state index in [1.54, 1.807) is 0 Å². The predicted molar refractivity (Wildman–Crippen MR) is 114 cm³/mol. The maximum Gasteiger partial charge on any atom is 0.155 e. The molecule has 0 amide bonds. The zero-order valence-electron chi connectivity index (χ0n) is 17.2. The number of benzene rings is 1. The minimum absolute atomic E-state index is 0.373. The Hall–Kier alpha value is -3.33. The van der Waals surface area contributed by atoms with Crippen molar-refractivity contribution in [1.29, 1.82) is 10.5 Å². The molecule has 0 aliphatic carbocycles. The largest absolute Gasteiger partial charge is 0.379 e. The van der Waals surface area contributed by atoms with Gasteiger partial charge in [-0.15, -0.1) is 0 Å². The Morgan fingerprint density at radius 3 is 2.53 bits per heavy atom. The van der Waals surface area contributed by atoms with Crippen molar-refractivity contribution in [2.24, 2.45) is 0 Å². The Labute approximate surface area is 175 Å². The van der Waals surface area contributed by atoms with Crippen LogP contribution in [0, 0.1) is 22.7 Å². The van der Waals surface area contributed by atoms with Crippen LogP contribution >= 0.6 is 0 Å². The van der Waals surface area contributed by atoms with Crippen molar-refractivity contribution >= 4 is 16.7 Å². The van der Waals surface area contributed by atoms with Crippen LogP contribution in [0.15, 0.2) is 40.7 Å². The minimum Gasteiger partial charge on any atom is -0.379 e. The van der Waals surface area contributed by atoms with E-state index in [1.807, 2.05) is 32.0 Å². The lowest BCUT2D eigenvalue weighted by molar-refractivity contribution is 0.0398. The van der Waals surface area contributed by atoms with E-state index in [-0.39, 0.29) is 5.92 Å². The number of nitrogens with one attached hydrogen (secondary N) is 3. The molecule has 3 heterocycles. The molecule has 2 aliphatic rings. The average Bonchev–Trinajstić information content (AvgIpc) is 3.16. The topological polar surface area (TPSA) is 113 Å². The second kappa shape index (κ2) is 8.58. The Balaban J connectivity index is 1.61. The highest BCUT2D eigenvalue weighted by molar-refractivity contribution is 5.90. The van der Waals surface area contributed by atoms with Gasteiger partial charge in [-0.25, -0.2) is 0 Å². The van der Waals surface area contributed by atoms with Crippen molar-refractivity contribution in [3.63, 3.8) is 0 Å². The van der Waals surface area contributed by atoms with Crippen LogP contribution in [0.3, 0.4) is 0 Å². The molecule has 8 nitrogen and oxygen atoms in total. The molecule has 4 rings (SSSR count). The molecule has 0 bridgehead atoms. The average molecular weight is 403 g/mol. The van der Waals surface area contributed by atoms with Crippen LogP contribution in [0.2, 0.25) is 0 Å². The van der Waals surface area contributed by atoms with Crippen LogP contribution in [-0.4, -0.2) is 54.5 Å². The molecule has 2 aliphatic heterocycles. The fourth-order valence-electron chi connectivity index (χ4n) is 4.13. The fourth-order valence-corrected chi connectivity index (χ4v) is 4.13. The normalized spacial score (nSPS) is 18.3. The van der Waals surface area contributed by atoms with Crippen LogP contribution in [0.25, 0.3) is 10.9 Å². The minimum atomic E-state index is -0.373. The maximum atomic E-state index is 9.74. The summed E-state index contributed by atoms with van der Waals surface area (Å²) in [5.41, 5.74) is 4.54. The van der Waals surface area contributed by atoms with Crippen molar-refractivity contribution in [2.45, 2.75) is 19.8 Å². The molecular formula is C22H25N7O. The van der Waals surface area contributed by atoms with E-state index in [2.05, 4.69) is 37.9 Å². The number of H-pyrrole nitrogens is 1. The summed E-state index contributed by atoms with van der Waals surface area (Å²) in [4.78, 5) is 2.37. The third-order valence-corrected chi connectivity index (χ3v) is 5.75. The molecule has 0 saturated carbocycles. The Morgan fingerprint density at radius 1 is 1.17 bits per heavy atom.